The first-order valence-electron chi connectivity index (χ1n) is 8.47. The van der Waals surface area contributed by atoms with Gasteiger partial charge in [0.1, 0.15) is 11.5 Å². The first kappa shape index (κ1) is 20.1. The summed E-state index contributed by atoms with van der Waals surface area (Å²) in [4.78, 5) is 13.9. The Balaban J connectivity index is 1.96. The van der Waals surface area contributed by atoms with Crippen LogP contribution < -0.4 is 19.7 Å². The van der Waals surface area contributed by atoms with Crippen LogP contribution in [-0.2, 0) is 4.79 Å². The van der Waals surface area contributed by atoms with Gasteiger partial charge >= 0.3 is 0 Å². The summed E-state index contributed by atoms with van der Waals surface area (Å²) in [6, 6.07) is 9.28. The van der Waals surface area contributed by atoms with Crippen molar-refractivity contribution in [1.82, 2.24) is 5.32 Å². The van der Waals surface area contributed by atoms with Gasteiger partial charge in [-0.2, -0.15) is 0 Å². The molecule has 1 fully saturated rings. The summed E-state index contributed by atoms with van der Waals surface area (Å²) >= 11 is 11.5. The lowest BCUT2D eigenvalue weighted by molar-refractivity contribution is -0.113. The van der Waals surface area contributed by atoms with Crippen LogP contribution in [0, 0.1) is 5.82 Å². The molecule has 28 heavy (non-hydrogen) atoms. The van der Waals surface area contributed by atoms with E-state index in [0.29, 0.717) is 22.1 Å². The Morgan fingerprint density at radius 3 is 2.64 bits per heavy atom. The van der Waals surface area contributed by atoms with Gasteiger partial charge in [0.15, 0.2) is 16.6 Å². The minimum absolute atomic E-state index is 0.0830. The standard InChI is InChI=1S/C20H18ClFN2O3S/c1-11(2)27-18-13(21)8-12(10-17(18)26-3)9-15-19(25)24(20(28)23-15)16-7-5-4-6-14(16)22/h4-11H,1-3H3,(H,23,28)/b15-9-. The number of hydrogen-bond donors (Lipinski definition) is 1. The third-order valence-corrected chi connectivity index (χ3v) is 4.45. The van der Waals surface area contributed by atoms with Gasteiger partial charge in [-0.05, 0) is 62.0 Å². The van der Waals surface area contributed by atoms with Crippen molar-refractivity contribution in [2.24, 2.45) is 0 Å². The van der Waals surface area contributed by atoms with E-state index < -0.39 is 11.7 Å². The number of anilines is 1. The van der Waals surface area contributed by atoms with E-state index in [-0.39, 0.29) is 22.6 Å². The molecule has 0 spiro atoms. The Kier molecular flexibility index (Phi) is 5.86. The summed E-state index contributed by atoms with van der Waals surface area (Å²) in [7, 11) is 1.50. The number of ether oxygens (including phenoxy) is 2. The molecule has 5 nitrogen and oxygen atoms in total. The van der Waals surface area contributed by atoms with Crippen LogP contribution in [0.25, 0.3) is 6.08 Å². The molecule has 146 valence electrons. The van der Waals surface area contributed by atoms with Gasteiger partial charge in [0.2, 0.25) is 0 Å². The number of nitrogens with one attached hydrogen (secondary N) is 1. The van der Waals surface area contributed by atoms with Crippen molar-refractivity contribution in [3.8, 4) is 11.5 Å². The average Bonchev–Trinajstić information content (AvgIpc) is 2.91. The van der Waals surface area contributed by atoms with Crippen LogP contribution in [0.5, 0.6) is 11.5 Å². The van der Waals surface area contributed by atoms with Crippen molar-refractivity contribution in [3.05, 3.63) is 58.5 Å². The molecule has 1 aliphatic heterocycles. The van der Waals surface area contributed by atoms with Crippen LogP contribution in [-0.4, -0.2) is 24.2 Å². The van der Waals surface area contributed by atoms with Gasteiger partial charge in [0.25, 0.3) is 5.91 Å². The lowest BCUT2D eigenvalue weighted by Gasteiger charge is -2.15. The summed E-state index contributed by atoms with van der Waals surface area (Å²) in [5, 5.41) is 3.26. The number of nitrogens with zero attached hydrogens (tertiary/aromatic N) is 1. The monoisotopic (exact) mass is 420 g/mol. The summed E-state index contributed by atoms with van der Waals surface area (Å²) < 4.78 is 25.1. The molecule has 3 rings (SSSR count). The van der Waals surface area contributed by atoms with Gasteiger partial charge in [-0.25, -0.2) is 9.29 Å². The number of para-hydroxylation sites is 1. The second-order valence-corrected chi connectivity index (χ2v) is 7.07. The lowest BCUT2D eigenvalue weighted by Crippen LogP contribution is -2.31. The fraction of sp³-hybridized carbons (Fsp3) is 0.200. The Morgan fingerprint density at radius 2 is 2.00 bits per heavy atom. The van der Waals surface area contributed by atoms with Crippen molar-refractivity contribution in [1.29, 1.82) is 0 Å². The number of hydrogen-bond acceptors (Lipinski definition) is 4. The van der Waals surface area contributed by atoms with Crippen molar-refractivity contribution in [3.63, 3.8) is 0 Å². The molecule has 0 bridgehead atoms. The number of carbonyl (C=O) groups excluding carboxylic acids is 1. The van der Waals surface area contributed by atoms with E-state index in [9.17, 15) is 9.18 Å². The Bertz CT molecular complexity index is 978. The Hall–Kier alpha value is -2.64. The molecule has 1 amide bonds. The molecule has 0 atom stereocenters. The van der Waals surface area contributed by atoms with Crippen molar-refractivity contribution in [2.75, 3.05) is 12.0 Å². The first-order valence-corrected chi connectivity index (χ1v) is 9.26. The summed E-state index contributed by atoms with van der Waals surface area (Å²) in [6.07, 6.45) is 1.49. The topological polar surface area (TPSA) is 50.8 Å². The van der Waals surface area contributed by atoms with Gasteiger partial charge < -0.3 is 14.8 Å². The highest BCUT2D eigenvalue weighted by atomic mass is 35.5. The van der Waals surface area contributed by atoms with Gasteiger partial charge in [-0.3, -0.25) is 4.79 Å². The normalized spacial score (nSPS) is 15.4. The van der Waals surface area contributed by atoms with Gasteiger partial charge in [0.05, 0.1) is 23.9 Å². The smallest absolute Gasteiger partial charge is 0.281 e. The SMILES string of the molecule is COc1cc(/C=C2\NC(=S)N(c3ccccc3F)C2=O)cc(Cl)c1OC(C)C. The maximum atomic E-state index is 14.1. The summed E-state index contributed by atoms with van der Waals surface area (Å²) in [6.45, 7) is 3.76. The van der Waals surface area contributed by atoms with Crippen LogP contribution in [0.2, 0.25) is 5.02 Å². The van der Waals surface area contributed by atoms with Gasteiger partial charge in [0, 0.05) is 0 Å². The minimum atomic E-state index is -0.541. The predicted octanol–water partition coefficient (Wildman–Crippen LogP) is 4.54. The Morgan fingerprint density at radius 1 is 1.29 bits per heavy atom. The van der Waals surface area contributed by atoms with E-state index in [4.69, 9.17) is 33.3 Å². The zero-order valence-electron chi connectivity index (χ0n) is 15.5. The molecule has 1 aliphatic rings. The zero-order chi connectivity index (χ0) is 20.4. The zero-order valence-corrected chi connectivity index (χ0v) is 17.0. The number of rotatable bonds is 5. The van der Waals surface area contributed by atoms with E-state index in [1.54, 1.807) is 30.3 Å². The van der Waals surface area contributed by atoms with E-state index in [1.807, 2.05) is 13.8 Å². The van der Waals surface area contributed by atoms with Crippen LogP contribution in [0.3, 0.4) is 0 Å². The molecule has 2 aromatic carbocycles. The number of carbonyl (C=O) groups is 1. The van der Waals surface area contributed by atoms with Crippen molar-refractivity contribution >= 4 is 46.6 Å². The van der Waals surface area contributed by atoms with Crippen LogP contribution in [0.15, 0.2) is 42.1 Å². The Labute approximate surface area is 172 Å². The molecule has 0 saturated carbocycles. The van der Waals surface area contributed by atoms with Gasteiger partial charge in [-0.15, -0.1) is 0 Å². The highest BCUT2D eigenvalue weighted by Gasteiger charge is 2.33. The second kappa shape index (κ2) is 8.16. The molecule has 0 aromatic heterocycles. The van der Waals surface area contributed by atoms with E-state index in [0.717, 1.165) is 4.90 Å². The van der Waals surface area contributed by atoms with E-state index in [2.05, 4.69) is 5.32 Å². The number of benzene rings is 2. The van der Waals surface area contributed by atoms with Crippen LogP contribution in [0.4, 0.5) is 10.1 Å². The predicted molar refractivity (Wildman–Crippen MR) is 111 cm³/mol. The molecule has 2 aromatic rings. The molecule has 0 unspecified atom stereocenters. The van der Waals surface area contributed by atoms with E-state index >= 15 is 0 Å². The first-order chi connectivity index (χ1) is 13.3. The van der Waals surface area contributed by atoms with Crippen LogP contribution >= 0.6 is 23.8 Å². The number of methoxy groups -OCH3 is 1. The highest BCUT2D eigenvalue weighted by Crippen LogP contribution is 2.38. The lowest BCUT2D eigenvalue weighted by atomic mass is 10.1. The molecule has 0 radical (unpaired) electrons. The molecule has 1 N–H and O–H groups in total. The second-order valence-electron chi connectivity index (χ2n) is 6.28. The van der Waals surface area contributed by atoms with Crippen molar-refractivity contribution < 1.29 is 18.7 Å². The van der Waals surface area contributed by atoms with Crippen LogP contribution in [0.1, 0.15) is 19.4 Å². The fourth-order valence-corrected chi connectivity index (χ4v) is 3.28. The quantitative estimate of drug-likeness (QED) is 0.568. The largest absolute Gasteiger partial charge is 0.493 e. The number of amides is 1. The third kappa shape index (κ3) is 3.95. The van der Waals surface area contributed by atoms with E-state index in [1.165, 1.54) is 19.2 Å². The van der Waals surface area contributed by atoms with Crippen molar-refractivity contribution in [2.45, 2.75) is 20.0 Å². The number of halogens is 2. The fourth-order valence-electron chi connectivity index (χ4n) is 2.73. The number of thiocarbonyl (C=S) groups is 1. The third-order valence-electron chi connectivity index (χ3n) is 3.89. The molecule has 1 saturated heterocycles. The average molecular weight is 421 g/mol. The molecular weight excluding hydrogens is 403 g/mol. The molecule has 8 heteroatoms. The molecular formula is C20H18ClFN2O3S. The highest BCUT2D eigenvalue weighted by molar-refractivity contribution is 7.80. The maximum absolute atomic E-state index is 14.1. The summed E-state index contributed by atoms with van der Waals surface area (Å²) in [5.41, 5.74) is 0.889. The molecule has 1 heterocycles. The maximum Gasteiger partial charge on any atom is 0.281 e. The molecule has 0 aliphatic carbocycles. The summed E-state index contributed by atoms with van der Waals surface area (Å²) in [5.74, 6) is -0.142. The minimum Gasteiger partial charge on any atom is -0.493 e. The van der Waals surface area contributed by atoms with Gasteiger partial charge in [-0.1, -0.05) is 23.7 Å².